The van der Waals surface area contributed by atoms with Crippen LogP contribution in [0.2, 0.25) is 0 Å². The van der Waals surface area contributed by atoms with Crippen LogP contribution in [0.5, 0.6) is 0 Å². The van der Waals surface area contributed by atoms with Gasteiger partial charge in [-0.05, 0) is 56.0 Å². The van der Waals surface area contributed by atoms with Crippen molar-refractivity contribution < 1.29 is 4.79 Å². The SMILES string of the molecule is O=C(CCC[C@H]1NCC2CC1CN(Cc1ccccc1)C2)NC1CC1. The molecule has 4 rings (SSSR count). The zero-order valence-electron chi connectivity index (χ0n) is 15.1. The number of benzene rings is 1. The highest BCUT2D eigenvalue weighted by Gasteiger charge is 2.36. The Morgan fingerprint density at radius 1 is 1.20 bits per heavy atom. The van der Waals surface area contributed by atoms with Crippen LogP contribution in [0.15, 0.2) is 30.3 Å². The summed E-state index contributed by atoms with van der Waals surface area (Å²) in [6.07, 6.45) is 6.55. The van der Waals surface area contributed by atoms with Crippen LogP contribution in [-0.2, 0) is 11.3 Å². The Morgan fingerprint density at radius 2 is 2.04 bits per heavy atom. The van der Waals surface area contributed by atoms with Gasteiger partial charge < -0.3 is 10.6 Å². The quantitative estimate of drug-likeness (QED) is 0.801. The summed E-state index contributed by atoms with van der Waals surface area (Å²) in [5.41, 5.74) is 1.42. The molecule has 1 aliphatic carbocycles. The first kappa shape index (κ1) is 17.0. The number of nitrogens with zero attached hydrogens (tertiary/aromatic N) is 1. The molecule has 4 nitrogen and oxygen atoms in total. The first-order valence-corrected chi connectivity index (χ1v) is 10.1. The number of hydrogen-bond acceptors (Lipinski definition) is 3. The Morgan fingerprint density at radius 3 is 2.84 bits per heavy atom. The lowest BCUT2D eigenvalue weighted by Crippen LogP contribution is -2.55. The first-order chi connectivity index (χ1) is 12.3. The summed E-state index contributed by atoms with van der Waals surface area (Å²) < 4.78 is 0. The van der Waals surface area contributed by atoms with Gasteiger partial charge in [0.15, 0.2) is 0 Å². The van der Waals surface area contributed by atoms with E-state index >= 15 is 0 Å². The van der Waals surface area contributed by atoms with Crippen molar-refractivity contribution in [2.24, 2.45) is 11.8 Å². The summed E-state index contributed by atoms with van der Waals surface area (Å²) in [6.45, 7) is 4.62. The van der Waals surface area contributed by atoms with Gasteiger partial charge in [0.05, 0.1) is 0 Å². The molecule has 2 aliphatic heterocycles. The molecule has 0 spiro atoms. The molecule has 25 heavy (non-hydrogen) atoms. The topological polar surface area (TPSA) is 44.4 Å². The number of amides is 1. The molecule has 3 atom stereocenters. The summed E-state index contributed by atoms with van der Waals surface area (Å²) >= 11 is 0. The van der Waals surface area contributed by atoms with Crippen LogP contribution >= 0.6 is 0 Å². The molecule has 136 valence electrons. The van der Waals surface area contributed by atoms with E-state index in [1.807, 2.05) is 0 Å². The second kappa shape index (κ2) is 7.88. The molecule has 1 amide bonds. The molecule has 1 saturated carbocycles. The van der Waals surface area contributed by atoms with Crippen molar-refractivity contribution in [1.29, 1.82) is 0 Å². The van der Waals surface area contributed by atoms with Crippen molar-refractivity contribution in [3.63, 3.8) is 0 Å². The van der Waals surface area contributed by atoms with Crippen LogP contribution in [0.1, 0.15) is 44.1 Å². The van der Waals surface area contributed by atoms with Crippen molar-refractivity contribution in [3.05, 3.63) is 35.9 Å². The fraction of sp³-hybridized carbons (Fsp3) is 0.667. The van der Waals surface area contributed by atoms with Crippen LogP contribution in [0.25, 0.3) is 0 Å². The van der Waals surface area contributed by atoms with Crippen molar-refractivity contribution in [1.82, 2.24) is 15.5 Å². The van der Waals surface area contributed by atoms with Gasteiger partial charge in [-0.3, -0.25) is 9.69 Å². The number of hydrogen-bond donors (Lipinski definition) is 2. The van der Waals surface area contributed by atoms with Gasteiger partial charge in [-0.1, -0.05) is 30.3 Å². The molecule has 0 aromatic heterocycles. The standard InChI is InChI=1S/C21H31N3O/c25-21(23-19-9-10-19)8-4-7-20-18-11-17(12-22-20)14-24(15-18)13-16-5-2-1-3-6-16/h1-3,5-6,17-20,22H,4,7-15H2,(H,23,25)/t17?,18?,20-/m1/s1. The number of rotatable bonds is 7. The van der Waals surface area contributed by atoms with Gasteiger partial charge in [0.1, 0.15) is 0 Å². The Balaban J connectivity index is 1.24. The first-order valence-electron chi connectivity index (χ1n) is 10.1. The second-order valence-electron chi connectivity index (χ2n) is 8.29. The van der Waals surface area contributed by atoms with Gasteiger partial charge in [0, 0.05) is 38.1 Å². The van der Waals surface area contributed by atoms with Gasteiger partial charge in [-0.25, -0.2) is 0 Å². The third-order valence-electron chi connectivity index (χ3n) is 5.99. The molecular weight excluding hydrogens is 310 g/mol. The maximum absolute atomic E-state index is 11.9. The van der Waals surface area contributed by atoms with Crippen LogP contribution in [-0.4, -0.2) is 42.5 Å². The molecule has 4 heteroatoms. The van der Waals surface area contributed by atoms with E-state index in [-0.39, 0.29) is 5.91 Å². The molecule has 0 radical (unpaired) electrons. The van der Waals surface area contributed by atoms with E-state index < -0.39 is 0 Å². The second-order valence-corrected chi connectivity index (χ2v) is 8.29. The number of nitrogens with one attached hydrogen (secondary N) is 2. The number of fused-ring (bicyclic) bond motifs is 2. The molecule has 2 heterocycles. The van der Waals surface area contributed by atoms with Crippen molar-refractivity contribution in [2.75, 3.05) is 19.6 Å². The van der Waals surface area contributed by atoms with Gasteiger partial charge in [0.25, 0.3) is 0 Å². The van der Waals surface area contributed by atoms with E-state index in [9.17, 15) is 4.79 Å². The van der Waals surface area contributed by atoms with Crippen molar-refractivity contribution in [3.8, 4) is 0 Å². The molecule has 1 aromatic carbocycles. The molecule has 3 aliphatic rings. The highest BCUT2D eigenvalue weighted by atomic mass is 16.1. The minimum absolute atomic E-state index is 0.255. The summed E-state index contributed by atoms with van der Waals surface area (Å²) in [6, 6.07) is 11.9. The lowest BCUT2D eigenvalue weighted by molar-refractivity contribution is -0.121. The average Bonchev–Trinajstić information content (AvgIpc) is 3.42. The Hall–Kier alpha value is -1.39. The third-order valence-corrected chi connectivity index (χ3v) is 5.99. The third kappa shape index (κ3) is 4.83. The van der Waals surface area contributed by atoms with Gasteiger partial charge in [-0.15, -0.1) is 0 Å². The molecule has 2 saturated heterocycles. The maximum atomic E-state index is 11.9. The fourth-order valence-electron chi connectivity index (χ4n) is 4.59. The Labute approximate surface area is 151 Å². The van der Waals surface area contributed by atoms with E-state index in [2.05, 4.69) is 45.9 Å². The van der Waals surface area contributed by atoms with Crippen LogP contribution in [0.3, 0.4) is 0 Å². The fourth-order valence-corrected chi connectivity index (χ4v) is 4.59. The van der Waals surface area contributed by atoms with Crippen LogP contribution < -0.4 is 10.6 Å². The van der Waals surface area contributed by atoms with E-state index in [1.165, 1.54) is 37.9 Å². The number of piperidine rings is 2. The molecule has 2 N–H and O–H groups in total. The monoisotopic (exact) mass is 341 g/mol. The Bertz CT molecular complexity index is 572. The molecule has 3 fully saturated rings. The van der Waals surface area contributed by atoms with Gasteiger partial charge in [0.2, 0.25) is 5.91 Å². The van der Waals surface area contributed by atoms with Crippen LogP contribution in [0.4, 0.5) is 0 Å². The molecule has 2 bridgehead atoms. The average molecular weight is 341 g/mol. The smallest absolute Gasteiger partial charge is 0.220 e. The zero-order valence-corrected chi connectivity index (χ0v) is 15.1. The van der Waals surface area contributed by atoms with Gasteiger partial charge in [-0.2, -0.15) is 0 Å². The molecular formula is C21H31N3O. The predicted octanol–water partition coefficient (Wildman–Crippen LogP) is 2.55. The normalized spacial score (nSPS) is 29.4. The van der Waals surface area contributed by atoms with E-state index in [0.717, 1.165) is 37.8 Å². The van der Waals surface area contributed by atoms with Crippen molar-refractivity contribution in [2.45, 2.75) is 57.2 Å². The summed E-state index contributed by atoms with van der Waals surface area (Å²) in [7, 11) is 0. The zero-order chi connectivity index (χ0) is 17.1. The summed E-state index contributed by atoms with van der Waals surface area (Å²) in [4.78, 5) is 14.5. The number of carbonyl (C=O) groups is 1. The predicted molar refractivity (Wildman–Crippen MR) is 100 cm³/mol. The van der Waals surface area contributed by atoms with Crippen molar-refractivity contribution >= 4 is 5.91 Å². The van der Waals surface area contributed by atoms with E-state index in [4.69, 9.17) is 0 Å². The van der Waals surface area contributed by atoms with E-state index in [1.54, 1.807) is 0 Å². The maximum Gasteiger partial charge on any atom is 0.220 e. The lowest BCUT2D eigenvalue weighted by atomic mass is 9.79. The van der Waals surface area contributed by atoms with E-state index in [0.29, 0.717) is 18.5 Å². The highest BCUT2D eigenvalue weighted by molar-refractivity contribution is 5.76. The minimum atomic E-state index is 0.255. The number of likely N-dealkylation sites (tertiary alicyclic amines) is 1. The van der Waals surface area contributed by atoms with Gasteiger partial charge >= 0.3 is 0 Å². The Kier molecular flexibility index (Phi) is 5.37. The number of carbonyl (C=O) groups excluding carboxylic acids is 1. The lowest BCUT2D eigenvalue weighted by Gasteiger charge is -2.46. The minimum Gasteiger partial charge on any atom is -0.353 e. The van der Waals surface area contributed by atoms with Crippen LogP contribution in [0, 0.1) is 11.8 Å². The molecule has 2 unspecified atom stereocenters. The summed E-state index contributed by atoms with van der Waals surface area (Å²) in [5, 5.41) is 6.88. The summed E-state index contributed by atoms with van der Waals surface area (Å²) in [5.74, 6) is 1.78. The molecule has 1 aromatic rings. The largest absolute Gasteiger partial charge is 0.353 e. The highest BCUT2D eigenvalue weighted by Crippen LogP contribution is 2.31.